The fraction of sp³-hybridized carbons (Fsp3) is 0.647. The van der Waals surface area contributed by atoms with E-state index in [1.165, 1.54) is 25.9 Å². The molecule has 1 aliphatic heterocycles. The minimum Gasteiger partial charge on any atom is -0.454 e. The molecule has 7 nitrogen and oxygen atoms in total. The average molecular weight is 333 g/mol. The maximum absolute atomic E-state index is 11.1. The minimum absolute atomic E-state index is 0.172. The highest BCUT2D eigenvalue weighted by Gasteiger charge is 2.31. The Bertz CT molecular complexity index is 586. The van der Waals surface area contributed by atoms with Crippen molar-refractivity contribution in [2.45, 2.75) is 51.2 Å². The zero-order valence-corrected chi connectivity index (χ0v) is 14.3. The van der Waals surface area contributed by atoms with Crippen molar-refractivity contribution in [2.24, 2.45) is 10.7 Å². The van der Waals surface area contributed by atoms with Crippen LogP contribution in [0, 0.1) is 0 Å². The Labute approximate surface area is 142 Å². The Morgan fingerprint density at radius 3 is 2.67 bits per heavy atom. The number of nitrogens with one attached hydrogen (secondary N) is 2. The Morgan fingerprint density at radius 1 is 1.33 bits per heavy atom. The minimum atomic E-state index is -0.558. The van der Waals surface area contributed by atoms with Crippen molar-refractivity contribution in [3.63, 3.8) is 0 Å². The normalized spacial score (nSPS) is 20.1. The van der Waals surface area contributed by atoms with Crippen LogP contribution in [0.5, 0.6) is 0 Å². The highest BCUT2D eigenvalue weighted by molar-refractivity contribution is 5.89. The summed E-state index contributed by atoms with van der Waals surface area (Å²) >= 11 is 0. The lowest BCUT2D eigenvalue weighted by Crippen LogP contribution is -2.49. The third-order valence-electron chi connectivity index (χ3n) is 4.58. The number of primary amides is 1. The fourth-order valence-electron chi connectivity index (χ4n) is 3.11. The number of amides is 1. The van der Waals surface area contributed by atoms with Gasteiger partial charge in [-0.2, -0.15) is 0 Å². The van der Waals surface area contributed by atoms with E-state index in [4.69, 9.17) is 10.2 Å². The molecule has 1 saturated carbocycles. The number of furan rings is 1. The molecule has 1 amide bonds. The van der Waals surface area contributed by atoms with E-state index in [1.807, 2.05) is 6.92 Å². The molecule has 3 rings (SSSR count). The van der Waals surface area contributed by atoms with Crippen LogP contribution in [0.1, 0.15) is 48.9 Å². The van der Waals surface area contributed by atoms with Crippen LogP contribution in [0.2, 0.25) is 0 Å². The summed E-state index contributed by atoms with van der Waals surface area (Å²) in [6.07, 6.45) is 5.04. The molecule has 0 unspecified atom stereocenters. The quantitative estimate of drug-likeness (QED) is 0.534. The molecule has 2 heterocycles. The number of rotatable bonds is 6. The van der Waals surface area contributed by atoms with Gasteiger partial charge in [-0.3, -0.25) is 4.79 Å². The number of nitrogens with zero attached hydrogens (tertiary/aromatic N) is 2. The van der Waals surface area contributed by atoms with Gasteiger partial charge in [0, 0.05) is 31.7 Å². The van der Waals surface area contributed by atoms with Crippen molar-refractivity contribution in [2.75, 3.05) is 19.6 Å². The van der Waals surface area contributed by atoms with Gasteiger partial charge in [0.2, 0.25) is 0 Å². The molecule has 0 aromatic carbocycles. The highest BCUT2D eigenvalue weighted by Crippen LogP contribution is 2.29. The molecule has 0 bridgehead atoms. The Morgan fingerprint density at radius 2 is 2.08 bits per heavy atom. The maximum Gasteiger partial charge on any atom is 0.284 e. The Balaban J connectivity index is 1.52. The summed E-state index contributed by atoms with van der Waals surface area (Å²) in [6, 6.07) is 4.63. The smallest absolute Gasteiger partial charge is 0.284 e. The van der Waals surface area contributed by atoms with Crippen molar-refractivity contribution in [1.29, 1.82) is 0 Å². The highest BCUT2D eigenvalue weighted by atomic mass is 16.3. The van der Waals surface area contributed by atoms with Crippen LogP contribution in [0.15, 0.2) is 21.5 Å². The molecule has 2 aliphatic rings. The molecule has 4 N–H and O–H groups in total. The Kier molecular flexibility index (Phi) is 5.40. The van der Waals surface area contributed by atoms with Crippen LogP contribution < -0.4 is 16.4 Å². The number of piperidine rings is 1. The van der Waals surface area contributed by atoms with E-state index in [1.54, 1.807) is 12.1 Å². The fourth-order valence-corrected chi connectivity index (χ4v) is 3.11. The van der Waals surface area contributed by atoms with Crippen LogP contribution >= 0.6 is 0 Å². The van der Waals surface area contributed by atoms with E-state index in [0.717, 1.165) is 31.4 Å². The van der Waals surface area contributed by atoms with Crippen molar-refractivity contribution in [1.82, 2.24) is 15.5 Å². The SMILES string of the molecule is CCNC(=NCc1ccc(C(N)=O)o1)NC1CCN(C2CC2)CC1. The number of guanidine groups is 1. The van der Waals surface area contributed by atoms with E-state index in [2.05, 4.69) is 20.5 Å². The summed E-state index contributed by atoms with van der Waals surface area (Å²) in [6.45, 7) is 5.57. The van der Waals surface area contributed by atoms with Gasteiger partial charge < -0.3 is 25.7 Å². The summed E-state index contributed by atoms with van der Waals surface area (Å²) in [7, 11) is 0. The lowest BCUT2D eigenvalue weighted by atomic mass is 10.1. The van der Waals surface area contributed by atoms with Gasteiger partial charge in [-0.05, 0) is 44.7 Å². The van der Waals surface area contributed by atoms with Gasteiger partial charge in [0.1, 0.15) is 12.3 Å². The largest absolute Gasteiger partial charge is 0.454 e. The number of hydrogen-bond donors (Lipinski definition) is 3. The summed E-state index contributed by atoms with van der Waals surface area (Å²) < 4.78 is 5.37. The summed E-state index contributed by atoms with van der Waals surface area (Å²) in [5.41, 5.74) is 5.19. The number of nitrogens with two attached hydrogens (primary N) is 1. The first-order chi connectivity index (χ1) is 11.7. The second-order valence-electron chi connectivity index (χ2n) is 6.51. The third-order valence-corrected chi connectivity index (χ3v) is 4.58. The predicted octanol–water partition coefficient (Wildman–Crippen LogP) is 1.06. The molecule has 132 valence electrons. The molecule has 1 aliphatic carbocycles. The number of carbonyl (C=O) groups excluding carboxylic acids is 1. The van der Waals surface area contributed by atoms with Crippen LogP contribution in [0.3, 0.4) is 0 Å². The topological polar surface area (TPSA) is 95.9 Å². The van der Waals surface area contributed by atoms with Gasteiger partial charge in [-0.25, -0.2) is 4.99 Å². The molecule has 1 aromatic heterocycles. The van der Waals surface area contributed by atoms with E-state index in [0.29, 0.717) is 18.3 Å². The van der Waals surface area contributed by atoms with Crippen LogP contribution in [-0.2, 0) is 6.54 Å². The number of aliphatic imine (C=N–C) groups is 1. The lowest BCUT2D eigenvalue weighted by molar-refractivity contribution is 0.0972. The average Bonchev–Trinajstić information content (AvgIpc) is 3.31. The third kappa shape index (κ3) is 4.50. The second kappa shape index (κ2) is 7.70. The van der Waals surface area contributed by atoms with E-state index < -0.39 is 5.91 Å². The molecule has 1 saturated heterocycles. The van der Waals surface area contributed by atoms with Crippen LogP contribution in [0.4, 0.5) is 0 Å². The van der Waals surface area contributed by atoms with Crippen LogP contribution in [0.25, 0.3) is 0 Å². The van der Waals surface area contributed by atoms with Crippen LogP contribution in [-0.4, -0.2) is 48.5 Å². The summed E-state index contributed by atoms with van der Waals surface area (Å²) in [5.74, 6) is 1.03. The van der Waals surface area contributed by atoms with E-state index >= 15 is 0 Å². The summed E-state index contributed by atoms with van der Waals surface area (Å²) in [5, 5.41) is 6.78. The molecule has 0 spiro atoms. The summed E-state index contributed by atoms with van der Waals surface area (Å²) in [4.78, 5) is 18.2. The zero-order chi connectivity index (χ0) is 16.9. The van der Waals surface area contributed by atoms with Gasteiger partial charge in [-0.1, -0.05) is 0 Å². The lowest BCUT2D eigenvalue weighted by Gasteiger charge is -2.33. The van der Waals surface area contributed by atoms with Crippen molar-refractivity contribution in [3.05, 3.63) is 23.7 Å². The van der Waals surface area contributed by atoms with Gasteiger partial charge >= 0.3 is 0 Å². The van der Waals surface area contributed by atoms with Gasteiger partial charge in [0.15, 0.2) is 11.7 Å². The first-order valence-electron chi connectivity index (χ1n) is 8.83. The molecule has 0 atom stereocenters. The molecule has 0 radical (unpaired) electrons. The van der Waals surface area contributed by atoms with Crippen molar-refractivity contribution >= 4 is 11.9 Å². The van der Waals surface area contributed by atoms with Gasteiger partial charge in [0.05, 0.1) is 0 Å². The zero-order valence-electron chi connectivity index (χ0n) is 14.3. The first kappa shape index (κ1) is 16.8. The van der Waals surface area contributed by atoms with E-state index in [-0.39, 0.29) is 5.76 Å². The maximum atomic E-state index is 11.1. The Hall–Kier alpha value is -2.02. The van der Waals surface area contributed by atoms with E-state index in [9.17, 15) is 4.79 Å². The monoisotopic (exact) mass is 333 g/mol. The molecule has 2 fully saturated rings. The second-order valence-corrected chi connectivity index (χ2v) is 6.51. The number of hydrogen-bond acceptors (Lipinski definition) is 4. The predicted molar refractivity (Wildman–Crippen MR) is 92.8 cm³/mol. The van der Waals surface area contributed by atoms with Crippen molar-refractivity contribution < 1.29 is 9.21 Å². The molecule has 24 heavy (non-hydrogen) atoms. The first-order valence-corrected chi connectivity index (χ1v) is 8.83. The number of carbonyl (C=O) groups is 1. The molecule has 7 heteroatoms. The molecule has 1 aromatic rings. The van der Waals surface area contributed by atoms with Crippen molar-refractivity contribution in [3.8, 4) is 0 Å². The van der Waals surface area contributed by atoms with Gasteiger partial charge in [0.25, 0.3) is 5.91 Å². The molecular weight excluding hydrogens is 306 g/mol. The number of likely N-dealkylation sites (tertiary alicyclic amines) is 1. The van der Waals surface area contributed by atoms with Gasteiger partial charge in [-0.15, -0.1) is 0 Å². The standard InChI is InChI=1S/C17H27N5O2/c1-2-19-17(20-11-14-5-6-15(24-14)16(18)23)21-12-7-9-22(10-8-12)13-3-4-13/h5-6,12-13H,2-4,7-11H2,1H3,(H2,18,23)(H2,19,20,21). The molecular formula is C17H27N5O2.